The van der Waals surface area contributed by atoms with E-state index in [1.54, 1.807) is 6.20 Å². The Labute approximate surface area is 133 Å². The standard InChI is InChI=1S/C14H21N3O.2ClH/c1-2-17(11-12-7-3-5-9-15-12)14(18)13-8-4-6-10-16-13;;/h3,5,7,9,13,16H,2,4,6,8,10-11H2,1H3;2*1H/t13-;;/m1../s1. The van der Waals surface area contributed by atoms with Gasteiger partial charge in [0.15, 0.2) is 0 Å². The Balaban J connectivity index is 0.00000180. The molecule has 2 heterocycles. The van der Waals surface area contributed by atoms with E-state index in [0.29, 0.717) is 6.54 Å². The van der Waals surface area contributed by atoms with E-state index < -0.39 is 0 Å². The monoisotopic (exact) mass is 319 g/mol. The molecule has 0 aromatic carbocycles. The fourth-order valence-electron chi connectivity index (χ4n) is 2.32. The first-order chi connectivity index (χ1) is 8.81. The zero-order valence-electron chi connectivity index (χ0n) is 11.7. The molecule has 0 radical (unpaired) electrons. The van der Waals surface area contributed by atoms with Gasteiger partial charge in [-0.05, 0) is 38.4 Å². The summed E-state index contributed by atoms with van der Waals surface area (Å²) in [4.78, 5) is 18.5. The van der Waals surface area contributed by atoms with Crippen LogP contribution in [-0.4, -0.2) is 34.9 Å². The van der Waals surface area contributed by atoms with Crippen LogP contribution in [0.5, 0.6) is 0 Å². The average Bonchev–Trinajstić information content (AvgIpc) is 2.46. The minimum absolute atomic E-state index is 0. The maximum absolute atomic E-state index is 12.4. The van der Waals surface area contributed by atoms with Crippen molar-refractivity contribution in [3.05, 3.63) is 30.1 Å². The van der Waals surface area contributed by atoms with Gasteiger partial charge in [-0.25, -0.2) is 0 Å². The summed E-state index contributed by atoms with van der Waals surface area (Å²) in [5.74, 6) is 0.211. The van der Waals surface area contributed by atoms with Crippen LogP contribution in [0.25, 0.3) is 0 Å². The number of aromatic nitrogens is 1. The Morgan fingerprint density at radius 1 is 1.40 bits per heavy atom. The third-order valence-electron chi connectivity index (χ3n) is 3.38. The zero-order chi connectivity index (χ0) is 12.8. The third kappa shape index (κ3) is 5.27. The van der Waals surface area contributed by atoms with Gasteiger partial charge in [0, 0.05) is 12.7 Å². The Hall–Kier alpha value is -0.840. The number of halogens is 2. The average molecular weight is 320 g/mol. The smallest absolute Gasteiger partial charge is 0.240 e. The van der Waals surface area contributed by atoms with Crippen molar-refractivity contribution in [3.8, 4) is 0 Å². The largest absolute Gasteiger partial charge is 0.336 e. The SMILES string of the molecule is CCN(Cc1ccccn1)C(=O)[C@H]1CCCCN1.Cl.Cl. The summed E-state index contributed by atoms with van der Waals surface area (Å²) in [5, 5.41) is 3.31. The van der Waals surface area contributed by atoms with Gasteiger partial charge in [-0.2, -0.15) is 0 Å². The zero-order valence-corrected chi connectivity index (χ0v) is 13.4. The molecule has 20 heavy (non-hydrogen) atoms. The predicted octanol–water partition coefficient (Wildman–Crippen LogP) is 2.42. The Bertz CT molecular complexity index is 383. The molecule has 0 saturated carbocycles. The molecule has 0 unspecified atom stereocenters. The third-order valence-corrected chi connectivity index (χ3v) is 3.38. The van der Waals surface area contributed by atoms with Crippen LogP contribution < -0.4 is 5.32 Å². The van der Waals surface area contributed by atoms with E-state index in [0.717, 1.165) is 31.6 Å². The van der Waals surface area contributed by atoms with Crippen molar-refractivity contribution in [3.63, 3.8) is 0 Å². The fraction of sp³-hybridized carbons (Fsp3) is 0.571. The minimum Gasteiger partial charge on any atom is -0.336 e. The summed E-state index contributed by atoms with van der Waals surface area (Å²) in [6, 6.07) is 5.82. The van der Waals surface area contributed by atoms with E-state index >= 15 is 0 Å². The molecule has 1 fully saturated rings. The number of rotatable bonds is 4. The van der Waals surface area contributed by atoms with Gasteiger partial charge in [0.1, 0.15) is 0 Å². The van der Waals surface area contributed by atoms with Gasteiger partial charge in [-0.1, -0.05) is 12.5 Å². The molecule has 2 rings (SSSR count). The van der Waals surface area contributed by atoms with E-state index in [2.05, 4.69) is 10.3 Å². The minimum atomic E-state index is 0. The molecule has 1 amide bonds. The highest BCUT2D eigenvalue weighted by atomic mass is 35.5. The van der Waals surface area contributed by atoms with E-state index in [1.807, 2.05) is 30.0 Å². The van der Waals surface area contributed by atoms with Gasteiger partial charge in [-0.3, -0.25) is 9.78 Å². The lowest BCUT2D eigenvalue weighted by Crippen LogP contribution is -2.48. The van der Waals surface area contributed by atoms with Crippen molar-refractivity contribution in [2.75, 3.05) is 13.1 Å². The number of hydrogen-bond acceptors (Lipinski definition) is 3. The second kappa shape index (κ2) is 9.97. The second-order valence-electron chi connectivity index (χ2n) is 4.68. The molecule has 114 valence electrons. The molecule has 1 aromatic heterocycles. The summed E-state index contributed by atoms with van der Waals surface area (Å²) < 4.78 is 0. The number of nitrogens with zero attached hydrogens (tertiary/aromatic N) is 2. The molecule has 0 spiro atoms. The molecule has 1 saturated heterocycles. The first-order valence-electron chi connectivity index (χ1n) is 6.73. The fourth-order valence-corrected chi connectivity index (χ4v) is 2.32. The number of likely N-dealkylation sites (N-methyl/N-ethyl adjacent to an activating group) is 1. The summed E-state index contributed by atoms with van der Waals surface area (Å²) in [6.45, 7) is 4.31. The highest BCUT2D eigenvalue weighted by Crippen LogP contribution is 2.11. The highest BCUT2D eigenvalue weighted by Gasteiger charge is 2.24. The number of carbonyl (C=O) groups excluding carboxylic acids is 1. The maximum atomic E-state index is 12.4. The van der Waals surface area contributed by atoms with Gasteiger partial charge in [0.05, 0.1) is 18.3 Å². The normalized spacial score (nSPS) is 17.6. The van der Waals surface area contributed by atoms with E-state index in [4.69, 9.17) is 0 Å². The molecular formula is C14H23Cl2N3O. The molecular weight excluding hydrogens is 297 g/mol. The number of piperidine rings is 1. The van der Waals surface area contributed by atoms with Gasteiger partial charge < -0.3 is 10.2 Å². The molecule has 0 bridgehead atoms. The lowest BCUT2D eigenvalue weighted by molar-refractivity contribution is -0.134. The molecule has 6 heteroatoms. The summed E-state index contributed by atoms with van der Waals surface area (Å²) >= 11 is 0. The van der Waals surface area contributed by atoms with Crippen LogP contribution in [0.3, 0.4) is 0 Å². The van der Waals surface area contributed by atoms with Gasteiger partial charge in [0.2, 0.25) is 5.91 Å². The number of pyridine rings is 1. The lowest BCUT2D eigenvalue weighted by Gasteiger charge is -2.29. The van der Waals surface area contributed by atoms with Gasteiger partial charge in [-0.15, -0.1) is 24.8 Å². The van der Waals surface area contributed by atoms with E-state index in [-0.39, 0.29) is 36.8 Å². The summed E-state index contributed by atoms with van der Waals surface area (Å²) in [5.41, 5.74) is 0.948. The summed E-state index contributed by atoms with van der Waals surface area (Å²) in [7, 11) is 0. The number of amides is 1. The number of carbonyl (C=O) groups is 1. The topological polar surface area (TPSA) is 45.2 Å². The number of nitrogens with one attached hydrogen (secondary N) is 1. The molecule has 1 aliphatic heterocycles. The Morgan fingerprint density at radius 3 is 2.75 bits per heavy atom. The maximum Gasteiger partial charge on any atom is 0.240 e. The van der Waals surface area contributed by atoms with E-state index in [1.165, 1.54) is 6.42 Å². The molecule has 4 nitrogen and oxygen atoms in total. The van der Waals surface area contributed by atoms with Crippen LogP contribution >= 0.6 is 24.8 Å². The highest BCUT2D eigenvalue weighted by molar-refractivity contribution is 5.85. The molecule has 1 aliphatic rings. The molecule has 1 atom stereocenters. The quantitative estimate of drug-likeness (QED) is 0.927. The van der Waals surface area contributed by atoms with Crippen molar-refractivity contribution in [1.29, 1.82) is 0 Å². The Kier molecular flexibility index (Phi) is 9.55. The Morgan fingerprint density at radius 2 is 2.20 bits per heavy atom. The molecule has 1 aromatic rings. The second-order valence-corrected chi connectivity index (χ2v) is 4.68. The van der Waals surface area contributed by atoms with Crippen molar-refractivity contribution in [2.45, 2.75) is 38.8 Å². The van der Waals surface area contributed by atoms with Crippen LogP contribution in [0.1, 0.15) is 31.9 Å². The van der Waals surface area contributed by atoms with E-state index in [9.17, 15) is 4.79 Å². The lowest BCUT2D eigenvalue weighted by atomic mass is 10.0. The van der Waals surface area contributed by atoms with Crippen molar-refractivity contribution < 1.29 is 4.79 Å². The number of hydrogen-bond donors (Lipinski definition) is 1. The molecule has 0 aliphatic carbocycles. The van der Waals surface area contributed by atoms with Crippen molar-refractivity contribution in [2.24, 2.45) is 0 Å². The van der Waals surface area contributed by atoms with Gasteiger partial charge >= 0.3 is 0 Å². The summed E-state index contributed by atoms with van der Waals surface area (Å²) in [6.07, 6.45) is 5.05. The van der Waals surface area contributed by atoms with Gasteiger partial charge in [0.25, 0.3) is 0 Å². The first-order valence-corrected chi connectivity index (χ1v) is 6.73. The van der Waals surface area contributed by atoms with Crippen molar-refractivity contribution >= 4 is 30.7 Å². The van der Waals surface area contributed by atoms with Crippen LogP contribution in [0, 0.1) is 0 Å². The van der Waals surface area contributed by atoms with Crippen LogP contribution in [-0.2, 0) is 11.3 Å². The van der Waals surface area contributed by atoms with Crippen molar-refractivity contribution in [1.82, 2.24) is 15.2 Å². The van der Waals surface area contributed by atoms with Crippen LogP contribution in [0.15, 0.2) is 24.4 Å². The predicted molar refractivity (Wildman–Crippen MR) is 85.5 cm³/mol. The van der Waals surface area contributed by atoms with Crippen LogP contribution in [0.4, 0.5) is 0 Å². The van der Waals surface area contributed by atoms with Crippen LogP contribution in [0.2, 0.25) is 0 Å². The molecule has 1 N–H and O–H groups in total. The first kappa shape index (κ1) is 19.2.